The minimum atomic E-state index is -4.68. The quantitative estimate of drug-likeness (QED) is 0.779. The van der Waals surface area contributed by atoms with E-state index >= 15 is 0 Å². The first-order chi connectivity index (χ1) is 11.8. The minimum absolute atomic E-state index is 0.190. The number of hydrogen-bond acceptors (Lipinski definition) is 4. The summed E-state index contributed by atoms with van der Waals surface area (Å²) < 4.78 is 53.3. The van der Waals surface area contributed by atoms with Crippen LogP contribution in [0.4, 0.5) is 23.2 Å². The molecule has 1 aromatic heterocycles. The SMILES string of the molecule is N#Cc1ccc(N2CCC[C@@H]2C(=O)n2cc(F)cn2)cc1C(F)(F)F. The van der Waals surface area contributed by atoms with Crippen LogP contribution < -0.4 is 4.90 Å². The summed E-state index contributed by atoms with van der Waals surface area (Å²) in [4.78, 5) is 14.0. The summed E-state index contributed by atoms with van der Waals surface area (Å²) >= 11 is 0. The minimum Gasteiger partial charge on any atom is -0.359 e. The van der Waals surface area contributed by atoms with E-state index in [4.69, 9.17) is 5.26 Å². The van der Waals surface area contributed by atoms with Gasteiger partial charge in [0.15, 0.2) is 5.82 Å². The molecular formula is C16H12F4N4O. The van der Waals surface area contributed by atoms with Gasteiger partial charge >= 0.3 is 6.18 Å². The number of carbonyl (C=O) groups excluding carboxylic acids is 1. The summed E-state index contributed by atoms with van der Waals surface area (Å²) in [6, 6.07) is 4.11. The number of aromatic nitrogens is 2. The van der Waals surface area contributed by atoms with Crippen molar-refractivity contribution < 1.29 is 22.4 Å². The lowest BCUT2D eigenvalue weighted by atomic mass is 10.1. The summed E-state index contributed by atoms with van der Waals surface area (Å²) in [5.74, 6) is -1.19. The van der Waals surface area contributed by atoms with E-state index in [1.54, 1.807) is 0 Å². The lowest BCUT2D eigenvalue weighted by Gasteiger charge is -2.26. The number of benzene rings is 1. The Kier molecular flexibility index (Phi) is 4.20. The zero-order chi connectivity index (χ0) is 18.2. The molecule has 0 saturated carbocycles. The zero-order valence-corrected chi connectivity index (χ0v) is 12.8. The molecule has 0 unspecified atom stereocenters. The summed E-state index contributed by atoms with van der Waals surface area (Å²) in [7, 11) is 0. The van der Waals surface area contributed by atoms with Crippen LogP contribution in [0, 0.1) is 17.1 Å². The molecule has 1 aliphatic rings. The molecule has 0 spiro atoms. The Morgan fingerprint density at radius 2 is 2.12 bits per heavy atom. The molecule has 0 aliphatic carbocycles. The van der Waals surface area contributed by atoms with E-state index < -0.39 is 35.1 Å². The van der Waals surface area contributed by atoms with Gasteiger partial charge in [-0.1, -0.05) is 0 Å². The smallest absolute Gasteiger partial charge is 0.359 e. The number of hydrogen-bond donors (Lipinski definition) is 0. The monoisotopic (exact) mass is 352 g/mol. The van der Waals surface area contributed by atoms with Crippen molar-refractivity contribution in [3.63, 3.8) is 0 Å². The maximum absolute atomic E-state index is 13.1. The predicted molar refractivity (Wildman–Crippen MR) is 79.3 cm³/mol. The summed E-state index contributed by atoms with van der Waals surface area (Å²) in [5, 5.41) is 12.5. The van der Waals surface area contributed by atoms with Crippen molar-refractivity contribution in [2.24, 2.45) is 0 Å². The van der Waals surface area contributed by atoms with E-state index in [9.17, 15) is 22.4 Å². The van der Waals surface area contributed by atoms with Gasteiger partial charge in [0.2, 0.25) is 0 Å². The van der Waals surface area contributed by atoms with Crippen molar-refractivity contribution in [2.75, 3.05) is 11.4 Å². The lowest BCUT2D eigenvalue weighted by molar-refractivity contribution is -0.137. The standard InChI is InChI=1S/C16H12F4N4O/c17-11-8-22-24(9-11)15(25)14-2-1-5-23(14)12-4-3-10(7-21)13(6-12)16(18,19)20/h3-4,6,8-9,14H,1-2,5H2/t14-/m1/s1. The number of carbonyl (C=O) groups is 1. The molecule has 2 heterocycles. The highest BCUT2D eigenvalue weighted by atomic mass is 19.4. The average molecular weight is 352 g/mol. The first kappa shape index (κ1) is 17.0. The second kappa shape index (κ2) is 6.20. The van der Waals surface area contributed by atoms with Crippen LogP contribution in [0.5, 0.6) is 0 Å². The van der Waals surface area contributed by atoms with E-state index in [0.717, 1.165) is 29.2 Å². The van der Waals surface area contributed by atoms with Crippen LogP contribution in [0.1, 0.15) is 28.8 Å². The van der Waals surface area contributed by atoms with E-state index in [1.165, 1.54) is 17.0 Å². The molecule has 5 nitrogen and oxygen atoms in total. The Morgan fingerprint density at radius 1 is 1.36 bits per heavy atom. The third kappa shape index (κ3) is 3.20. The van der Waals surface area contributed by atoms with E-state index in [0.29, 0.717) is 19.4 Å². The topological polar surface area (TPSA) is 61.9 Å². The first-order valence-electron chi connectivity index (χ1n) is 7.43. The van der Waals surface area contributed by atoms with Crippen LogP contribution in [0.25, 0.3) is 0 Å². The highest BCUT2D eigenvalue weighted by Crippen LogP contribution is 2.36. The molecular weight excluding hydrogens is 340 g/mol. The first-order valence-corrected chi connectivity index (χ1v) is 7.43. The molecule has 25 heavy (non-hydrogen) atoms. The van der Waals surface area contributed by atoms with Crippen molar-refractivity contribution in [3.05, 3.63) is 47.5 Å². The van der Waals surface area contributed by atoms with Gasteiger partial charge in [0.1, 0.15) is 6.04 Å². The van der Waals surface area contributed by atoms with Crippen LogP contribution in [0.2, 0.25) is 0 Å². The van der Waals surface area contributed by atoms with Crippen LogP contribution >= 0.6 is 0 Å². The number of nitrogens with zero attached hydrogens (tertiary/aromatic N) is 4. The van der Waals surface area contributed by atoms with Crippen molar-refractivity contribution in [2.45, 2.75) is 25.1 Å². The molecule has 1 aromatic carbocycles. The van der Waals surface area contributed by atoms with Gasteiger partial charge in [-0.25, -0.2) is 9.07 Å². The second-order valence-electron chi connectivity index (χ2n) is 5.63. The van der Waals surface area contributed by atoms with Crippen molar-refractivity contribution in [3.8, 4) is 6.07 Å². The number of nitriles is 1. The van der Waals surface area contributed by atoms with Crippen LogP contribution in [0.15, 0.2) is 30.6 Å². The summed E-state index contributed by atoms with van der Waals surface area (Å²) in [6.45, 7) is 0.378. The maximum Gasteiger partial charge on any atom is 0.417 e. The largest absolute Gasteiger partial charge is 0.417 e. The predicted octanol–water partition coefficient (Wildman–Crippen LogP) is 3.22. The Labute approximate surface area is 140 Å². The highest BCUT2D eigenvalue weighted by molar-refractivity contribution is 5.87. The van der Waals surface area contributed by atoms with E-state index in [2.05, 4.69) is 5.10 Å². The van der Waals surface area contributed by atoms with Gasteiger partial charge in [-0.05, 0) is 31.0 Å². The molecule has 2 aromatic rings. The molecule has 1 saturated heterocycles. The molecule has 1 aliphatic heterocycles. The Morgan fingerprint density at radius 3 is 2.72 bits per heavy atom. The third-order valence-corrected chi connectivity index (χ3v) is 4.08. The summed E-state index contributed by atoms with van der Waals surface area (Å²) in [5.41, 5.74) is -1.34. The molecule has 1 fully saturated rings. The third-order valence-electron chi connectivity index (χ3n) is 4.08. The number of anilines is 1. The molecule has 130 valence electrons. The van der Waals surface area contributed by atoms with Crippen molar-refractivity contribution >= 4 is 11.6 Å². The molecule has 9 heteroatoms. The zero-order valence-electron chi connectivity index (χ0n) is 12.8. The highest BCUT2D eigenvalue weighted by Gasteiger charge is 2.37. The van der Waals surface area contributed by atoms with Crippen molar-refractivity contribution in [1.82, 2.24) is 9.78 Å². The average Bonchev–Trinajstić information content (AvgIpc) is 3.21. The number of halogens is 4. The fourth-order valence-electron chi connectivity index (χ4n) is 2.95. The van der Waals surface area contributed by atoms with Gasteiger partial charge in [0.05, 0.1) is 29.6 Å². The second-order valence-corrected chi connectivity index (χ2v) is 5.63. The van der Waals surface area contributed by atoms with Crippen LogP contribution in [-0.4, -0.2) is 28.3 Å². The fourth-order valence-corrected chi connectivity index (χ4v) is 2.95. The van der Waals surface area contributed by atoms with Gasteiger partial charge < -0.3 is 4.90 Å². The normalized spacial score (nSPS) is 17.6. The van der Waals surface area contributed by atoms with Crippen molar-refractivity contribution in [1.29, 1.82) is 5.26 Å². The Bertz CT molecular complexity index is 853. The molecule has 0 radical (unpaired) electrons. The van der Waals surface area contributed by atoms with Gasteiger partial charge in [-0.2, -0.15) is 23.5 Å². The lowest BCUT2D eigenvalue weighted by Crippen LogP contribution is -2.39. The number of alkyl halides is 3. The fraction of sp³-hybridized carbons (Fsp3) is 0.312. The van der Waals surface area contributed by atoms with Gasteiger partial charge in [0.25, 0.3) is 5.91 Å². The van der Waals surface area contributed by atoms with Gasteiger partial charge in [-0.15, -0.1) is 0 Å². The van der Waals surface area contributed by atoms with Gasteiger partial charge in [-0.3, -0.25) is 4.79 Å². The number of rotatable bonds is 2. The molecule has 0 amide bonds. The Balaban J connectivity index is 1.95. The van der Waals surface area contributed by atoms with Crippen LogP contribution in [-0.2, 0) is 6.18 Å². The van der Waals surface area contributed by atoms with Gasteiger partial charge in [0, 0.05) is 12.2 Å². The molecule has 0 N–H and O–H groups in total. The van der Waals surface area contributed by atoms with E-state index in [-0.39, 0.29) is 5.69 Å². The summed E-state index contributed by atoms with van der Waals surface area (Å²) in [6.07, 6.45) is -1.84. The molecule has 1 atom stereocenters. The maximum atomic E-state index is 13.1. The Hall–Kier alpha value is -2.89. The van der Waals surface area contributed by atoms with Crippen LogP contribution in [0.3, 0.4) is 0 Å². The van der Waals surface area contributed by atoms with E-state index in [1.807, 2.05) is 0 Å². The molecule has 3 rings (SSSR count). The molecule has 0 bridgehead atoms.